The van der Waals surface area contributed by atoms with Crippen LogP contribution in [0, 0.1) is 5.82 Å². The molecule has 0 aromatic heterocycles. The van der Waals surface area contributed by atoms with Gasteiger partial charge in [0.05, 0.1) is 18.2 Å². The summed E-state index contributed by atoms with van der Waals surface area (Å²) in [4.78, 5) is 0. The van der Waals surface area contributed by atoms with Gasteiger partial charge >= 0.3 is 0 Å². The molecule has 4 heteroatoms. The van der Waals surface area contributed by atoms with Gasteiger partial charge in [-0.1, -0.05) is 12.1 Å². The van der Waals surface area contributed by atoms with Gasteiger partial charge < -0.3 is 4.74 Å². The van der Waals surface area contributed by atoms with Crippen molar-refractivity contribution in [1.29, 1.82) is 0 Å². The minimum absolute atomic E-state index is 0.199. The van der Waals surface area contributed by atoms with Crippen LogP contribution in [-0.2, 0) is 4.74 Å². The molecule has 0 aliphatic carbocycles. The van der Waals surface area contributed by atoms with Crippen LogP contribution in [0.2, 0.25) is 0 Å². The van der Waals surface area contributed by atoms with Crippen molar-refractivity contribution in [2.45, 2.75) is 32.4 Å². The van der Waals surface area contributed by atoms with Gasteiger partial charge in [0.2, 0.25) is 0 Å². The first-order chi connectivity index (χ1) is 7.42. The second-order valence-electron chi connectivity index (χ2n) is 4.70. The summed E-state index contributed by atoms with van der Waals surface area (Å²) < 4.78 is 18.6. The lowest BCUT2D eigenvalue weighted by Gasteiger charge is -2.24. The second kappa shape index (κ2) is 5.39. The average molecular weight is 226 g/mol. The number of hydrazine groups is 1. The molecule has 1 rings (SSSR count). The third-order valence-electron chi connectivity index (χ3n) is 2.14. The number of halogens is 1. The quantitative estimate of drug-likeness (QED) is 0.611. The zero-order valence-electron chi connectivity index (χ0n) is 9.96. The van der Waals surface area contributed by atoms with E-state index in [1.807, 2.05) is 26.8 Å². The van der Waals surface area contributed by atoms with Gasteiger partial charge in [-0.25, -0.2) is 4.39 Å². The largest absolute Gasteiger partial charge is 0.374 e. The Bertz CT molecular complexity index is 336. The molecular weight excluding hydrogens is 207 g/mol. The Morgan fingerprint density at radius 2 is 2.12 bits per heavy atom. The summed E-state index contributed by atoms with van der Waals surface area (Å²) in [5, 5.41) is 0. The van der Waals surface area contributed by atoms with E-state index in [0.29, 0.717) is 6.61 Å². The van der Waals surface area contributed by atoms with Crippen LogP contribution in [0.4, 0.5) is 4.39 Å². The first-order valence-corrected chi connectivity index (χ1v) is 5.28. The summed E-state index contributed by atoms with van der Waals surface area (Å²) in [5.74, 6) is 5.16. The summed E-state index contributed by atoms with van der Waals surface area (Å²) in [7, 11) is 0. The van der Waals surface area contributed by atoms with Crippen molar-refractivity contribution in [2.75, 3.05) is 6.61 Å². The molecule has 1 aromatic rings. The number of hydrogen-bond donors (Lipinski definition) is 2. The van der Waals surface area contributed by atoms with E-state index in [1.165, 1.54) is 12.1 Å². The van der Waals surface area contributed by atoms with E-state index in [4.69, 9.17) is 10.6 Å². The highest BCUT2D eigenvalue weighted by Crippen LogP contribution is 2.17. The molecule has 0 aliphatic rings. The Kier molecular flexibility index (Phi) is 4.41. The first kappa shape index (κ1) is 13.1. The molecule has 0 saturated heterocycles. The molecule has 1 aromatic carbocycles. The molecule has 0 bridgehead atoms. The zero-order chi connectivity index (χ0) is 12.2. The second-order valence-corrected chi connectivity index (χ2v) is 4.70. The monoisotopic (exact) mass is 226 g/mol. The van der Waals surface area contributed by atoms with Crippen molar-refractivity contribution in [3.05, 3.63) is 35.6 Å². The maximum atomic E-state index is 13.0. The molecule has 0 heterocycles. The summed E-state index contributed by atoms with van der Waals surface area (Å²) in [6.07, 6.45) is 0. The minimum Gasteiger partial charge on any atom is -0.374 e. The van der Waals surface area contributed by atoms with Crippen molar-refractivity contribution in [3.63, 3.8) is 0 Å². The van der Waals surface area contributed by atoms with Crippen LogP contribution in [0.5, 0.6) is 0 Å². The topological polar surface area (TPSA) is 47.3 Å². The molecule has 0 fully saturated rings. The van der Waals surface area contributed by atoms with Gasteiger partial charge in [-0.15, -0.1) is 0 Å². The van der Waals surface area contributed by atoms with E-state index in [1.54, 1.807) is 6.07 Å². The summed E-state index contributed by atoms with van der Waals surface area (Å²) >= 11 is 0. The van der Waals surface area contributed by atoms with Crippen LogP contribution >= 0.6 is 0 Å². The maximum Gasteiger partial charge on any atom is 0.123 e. The molecule has 1 unspecified atom stereocenters. The Morgan fingerprint density at radius 1 is 1.44 bits per heavy atom. The molecule has 0 aliphatic heterocycles. The van der Waals surface area contributed by atoms with E-state index < -0.39 is 0 Å². The molecule has 0 spiro atoms. The lowest BCUT2D eigenvalue weighted by atomic mass is 10.1. The number of nitrogens with two attached hydrogens (primary N) is 1. The predicted molar refractivity (Wildman–Crippen MR) is 62.2 cm³/mol. The summed E-state index contributed by atoms with van der Waals surface area (Å²) in [5.41, 5.74) is 3.18. The van der Waals surface area contributed by atoms with E-state index in [2.05, 4.69) is 5.43 Å². The van der Waals surface area contributed by atoms with E-state index in [-0.39, 0.29) is 17.5 Å². The van der Waals surface area contributed by atoms with Crippen LogP contribution in [0.3, 0.4) is 0 Å². The molecule has 16 heavy (non-hydrogen) atoms. The minimum atomic E-state index is -0.270. The highest BCUT2D eigenvalue weighted by molar-refractivity contribution is 5.20. The zero-order valence-corrected chi connectivity index (χ0v) is 9.96. The smallest absolute Gasteiger partial charge is 0.123 e. The van der Waals surface area contributed by atoms with E-state index in [9.17, 15) is 4.39 Å². The van der Waals surface area contributed by atoms with Gasteiger partial charge in [0.1, 0.15) is 5.82 Å². The Balaban J connectivity index is 2.68. The van der Waals surface area contributed by atoms with Gasteiger partial charge in [-0.3, -0.25) is 11.3 Å². The Labute approximate surface area is 95.8 Å². The molecule has 0 saturated carbocycles. The fraction of sp³-hybridized carbons (Fsp3) is 0.500. The molecule has 3 N–H and O–H groups in total. The first-order valence-electron chi connectivity index (χ1n) is 5.28. The predicted octanol–water partition coefficient (Wildman–Crippen LogP) is 2.15. The molecule has 90 valence electrons. The van der Waals surface area contributed by atoms with E-state index >= 15 is 0 Å². The third-order valence-corrected chi connectivity index (χ3v) is 2.14. The lowest BCUT2D eigenvalue weighted by Crippen LogP contribution is -2.34. The van der Waals surface area contributed by atoms with Crippen LogP contribution in [0.1, 0.15) is 32.4 Å². The van der Waals surface area contributed by atoms with Crippen molar-refractivity contribution in [3.8, 4) is 0 Å². The van der Waals surface area contributed by atoms with Crippen molar-refractivity contribution >= 4 is 0 Å². The number of rotatable bonds is 4. The van der Waals surface area contributed by atoms with E-state index in [0.717, 1.165) is 5.56 Å². The Morgan fingerprint density at radius 3 is 2.62 bits per heavy atom. The fourth-order valence-corrected chi connectivity index (χ4v) is 1.30. The van der Waals surface area contributed by atoms with Gasteiger partial charge in [-0.2, -0.15) is 0 Å². The number of ether oxygens (including phenoxy) is 1. The molecule has 0 radical (unpaired) electrons. The van der Waals surface area contributed by atoms with Crippen molar-refractivity contribution in [1.82, 2.24) is 5.43 Å². The number of hydrogen-bond acceptors (Lipinski definition) is 3. The normalized spacial score (nSPS) is 13.8. The fourth-order valence-electron chi connectivity index (χ4n) is 1.30. The van der Waals surface area contributed by atoms with Gasteiger partial charge in [0.15, 0.2) is 0 Å². The highest BCUT2D eigenvalue weighted by Gasteiger charge is 2.16. The van der Waals surface area contributed by atoms with Crippen LogP contribution in [-0.4, -0.2) is 12.2 Å². The molecular formula is C12H19FN2O. The van der Waals surface area contributed by atoms with Crippen LogP contribution in [0.25, 0.3) is 0 Å². The third kappa shape index (κ3) is 4.26. The van der Waals surface area contributed by atoms with Gasteiger partial charge in [0.25, 0.3) is 0 Å². The number of nitrogens with one attached hydrogen (secondary N) is 1. The van der Waals surface area contributed by atoms with Crippen molar-refractivity contribution in [2.24, 2.45) is 5.84 Å². The standard InChI is InChI=1S/C12H19FN2O/c1-12(2,3)16-8-11(15-14)9-5-4-6-10(13)7-9/h4-7,11,15H,8,14H2,1-3H3. The van der Waals surface area contributed by atoms with Gasteiger partial charge in [0, 0.05) is 0 Å². The van der Waals surface area contributed by atoms with Crippen molar-refractivity contribution < 1.29 is 9.13 Å². The highest BCUT2D eigenvalue weighted by atomic mass is 19.1. The van der Waals surface area contributed by atoms with Gasteiger partial charge in [-0.05, 0) is 38.5 Å². The average Bonchev–Trinajstić information content (AvgIpc) is 2.17. The summed E-state index contributed by atoms with van der Waals surface area (Å²) in [6, 6.07) is 6.14. The molecule has 0 amide bonds. The summed E-state index contributed by atoms with van der Waals surface area (Å²) in [6.45, 7) is 6.30. The SMILES string of the molecule is CC(C)(C)OCC(NN)c1cccc(F)c1. The molecule has 3 nitrogen and oxygen atoms in total. The van der Waals surface area contributed by atoms with Crippen LogP contribution in [0.15, 0.2) is 24.3 Å². The number of benzene rings is 1. The van der Waals surface area contributed by atoms with Crippen LogP contribution < -0.4 is 11.3 Å². The molecule has 1 atom stereocenters. The Hall–Kier alpha value is -0.970. The lowest BCUT2D eigenvalue weighted by molar-refractivity contribution is -0.0148. The maximum absolute atomic E-state index is 13.0.